The van der Waals surface area contributed by atoms with Gasteiger partial charge in [0.1, 0.15) is 0 Å². The van der Waals surface area contributed by atoms with Gasteiger partial charge in [0, 0.05) is 0 Å². The number of carboxylic acids is 1. The number of carbonyl (C=O) groups is 1. The lowest BCUT2D eigenvalue weighted by Crippen LogP contribution is -2.32. The Morgan fingerprint density at radius 2 is 2.18 bits per heavy atom. The maximum absolute atomic E-state index is 10.7. The van der Waals surface area contributed by atoms with Crippen LogP contribution < -0.4 is 5.32 Å². The van der Waals surface area contributed by atoms with E-state index in [1.54, 1.807) is 0 Å². The smallest absolute Gasteiger partial charge is 0.306 e. The zero-order valence-electron chi connectivity index (χ0n) is 6.42. The summed E-state index contributed by atoms with van der Waals surface area (Å²) in [7, 11) is 0. The third kappa shape index (κ3) is 1.13. The minimum Gasteiger partial charge on any atom is -0.481 e. The fourth-order valence-electron chi connectivity index (χ4n) is 2.41. The molecule has 0 unspecified atom stereocenters. The summed E-state index contributed by atoms with van der Waals surface area (Å²) in [6.45, 7) is 1.94. The minimum atomic E-state index is -0.596. The molecule has 3 heteroatoms. The van der Waals surface area contributed by atoms with E-state index < -0.39 is 5.97 Å². The highest BCUT2D eigenvalue weighted by molar-refractivity contribution is 5.70. The molecule has 2 fully saturated rings. The quantitative estimate of drug-likeness (QED) is 0.573. The molecular weight excluding hydrogens is 142 g/mol. The van der Waals surface area contributed by atoms with Crippen molar-refractivity contribution in [3.8, 4) is 0 Å². The van der Waals surface area contributed by atoms with Gasteiger partial charge in [-0.25, -0.2) is 0 Å². The molecule has 62 valence electrons. The van der Waals surface area contributed by atoms with Gasteiger partial charge < -0.3 is 10.4 Å². The van der Waals surface area contributed by atoms with Crippen LogP contribution in [0.4, 0.5) is 0 Å². The van der Waals surface area contributed by atoms with Gasteiger partial charge in [-0.15, -0.1) is 0 Å². The molecule has 11 heavy (non-hydrogen) atoms. The Hall–Kier alpha value is -0.570. The van der Waals surface area contributed by atoms with Crippen LogP contribution in [0.2, 0.25) is 0 Å². The minimum absolute atomic E-state index is 0.0602. The van der Waals surface area contributed by atoms with Crippen molar-refractivity contribution in [2.24, 2.45) is 17.8 Å². The molecule has 3 nitrogen and oxygen atoms in total. The number of hydrogen-bond donors (Lipinski definition) is 2. The molecule has 3 atom stereocenters. The van der Waals surface area contributed by atoms with Crippen LogP contribution in [0.3, 0.4) is 0 Å². The Balaban J connectivity index is 2.08. The van der Waals surface area contributed by atoms with Gasteiger partial charge in [-0.3, -0.25) is 4.79 Å². The molecule has 1 aliphatic heterocycles. The summed E-state index contributed by atoms with van der Waals surface area (Å²) in [5.74, 6) is 0.386. The van der Waals surface area contributed by atoms with E-state index in [2.05, 4.69) is 5.32 Å². The molecule has 1 heterocycles. The first kappa shape index (κ1) is 7.10. The molecule has 0 radical (unpaired) electrons. The van der Waals surface area contributed by atoms with E-state index in [0.29, 0.717) is 11.8 Å². The number of carboxylic acid groups (broad SMARTS) is 1. The first-order valence-electron chi connectivity index (χ1n) is 4.21. The van der Waals surface area contributed by atoms with Gasteiger partial charge in [-0.2, -0.15) is 0 Å². The molecule has 0 spiro atoms. The van der Waals surface area contributed by atoms with Crippen LogP contribution in [0.1, 0.15) is 12.8 Å². The predicted molar refractivity (Wildman–Crippen MR) is 40.2 cm³/mol. The summed E-state index contributed by atoms with van der Waals surface area (Å²) in [4.78, 5) is 10.7. The average Bonchev–Trinajstić information content (AvgIpc) is 2.27. The topological polar surface area (TPSA) is 49.3 Å². The fraction of sp³-hybridized carbons (Fsp3) is 0.875. The number of rotatable bonds is 1. The van der Waals surface area contributed by atoms with Crippen LogP contribution in [0.25, 0.3) is 0 Å². The molecular formula is C8H13NO2. The Morgan fingerprint density at radius 1 is 1.36 bits per heavy atom. The second kappa shape index (κ2) is 2.48. The van der Waals surface area contributed by atoms with Gasteiger partial charge in [0.2, 0.25) is 0 Å². The van der Waals surface area contributed by atoms with Crippen molar-refractivity contribution >= 4 is 5.97 Å². The van der Waals surface area contributed by atoms with Crippen molar-refractivity contribution in [1.82, 2.24) is 5.32 Å². The van der Waals surface area contributed by atoms with Crippen molar-refractivity contribution in [3.63, 3.8) is 0 Å². The first-order chi connectivity index (χ1) is 5.27. The van der Waals surface area contributed by atoms with Gasteiger partial charge in [0.05, 0.1) is 5.92 Å². The van der Waals surface area contributed by atoms with Gasteiger partial charge in [0.15, 0.2) is 0 Å². The number of hydrogen-bond acceptors (Lipinski definition) is 2. The van der Waals surface area contributed by atoms with Gasteiger partial charge in [-0.05, 0) is 37.8 Å². The molecule has 2 aliphatic rings. The molecule has 1 saturated carbocycles. The van der Waals surface area contributed by atoms with E-state index >= 15 is 0 Å². The Morgan fingerprint density at radius 3 is 2.82 bits per heavy atom. The van der Waals surface area contributed by atoms with Crippen LogP contribution >= 0.6 is 0 Å². The Bertz CT molecular complexity index is 181. The lowest BCUT2D eigenvalue weighted by atomic mass is 9.96. The van der Waals surface area contributed by atoms with Crippen molar-refractivity contribution in [2.75, 3.05) is 13.1 Å². The fourth-order valence-corrected chi connectivity index (χ4v) is 2.41. The Kier molecular flexibility index (Phi) is 1.60. The molecule has 0 amide bonds. The number of nitrogens with one attached hydrogen (secondary N) is 1. The van der Waals surface area contributed by atoms with Gasteiger partial charge in [-0.1, -0.05) is 0 Å². The van der Waals surface area contributed by atoms with E-state index in [1.807, 2.05) is 0 Å². The normalized spacial score (nSPS) is 42.4. The van der Waals surface area contributed by atoms with Crippen molar-refractivity contribution in [3.05, 3.63) is 0 Å². The van der Waals surface area contributed by atoms with E-state index in [-0.39, 0.29) is 5.92 Å². The van der Waals surface area contributed by atoms with E-state index in [4.69, 9.17) is 5.11 Å². The number of piperidine rings is 1. The van der Waals surface area contributed by atoms with Gasteiger partial charge >= 0.3 is 5.97 Å². The summed E-state index contributed by atoms with van der Waals surface area (Å²) in [5.41, 5.74) is 0. The van der Waals surface area contributed by atoms with Crippen molar-refractivity contribution < 1.29 is 9.90 Å². The molecule has 1 aliphatic carbocycles. The monoisotopic (exact) mass is 155 g/mol. The summed E-state index contributed by atoms with van der Waals surface area (Å²) >= 11 is 0. The molecule has 0 aromatic carbocycles. The van der Waals surface area contributed by atoms with Crippen LogP contribution in [0, 0.1) is 17.8 Å². The van der Waals surface area contributed by atoms with Crippen LogP contribution in [0.5, 0.6) is 0 Å². The predicted octanol–water partition coefficient (Wildman–Crippen LogP) is 0.317. The lowest BCUT2D eigenvalue weighted by Gasteiger charge is -2.20. The van der Waals surface area contributed by atoms with E-state index in [0.717, 1.165) is 25.9 Å². The highest BCUT2D eigenvalue weighted by atomic mass is 16.4. The maximum atomic E-state index is 10.7. The average molecular weight is 155 g/mol. The second-order valence-corrected chi connectivity index (χ2v) is 3.70. The maximum Gasteiger partial charge on any atom is 0.306 e. The molecule has 0 aromatic heterocycles. The standard InChI is InChI=1S/C8H13NO2/c10-8(11)7-2-5-1-6(7)4-9-3-5/h5-7,9H,1-4H2,(H,10,11)/t5-,6-,7+/m0/s1. The third-order valence-electron chi connectivity index (χ3n) is 2.95. The van der Waals surface area contributed by atoms with Crippen LogP contribution in [-0.4, -0.2) is 24.2 Å². The summed E-state index contributed by atoms with van der Waals surface area (Å²) in [6, 6.07) is 0. The van der Waals surface area contributed by atoms with Crippen molar-refractivity contribution in [2.45, 2.75) is 12.8 Å². The molecule has 2 bridgehead atoms. The third-order valence-corrected chi connectivity index (χ3v) is 2.95. The highest BCUT2D eigenvalue weighted by Gasteiger charge is 2.40. The lowest BCUT2D eigenvalue weighted by molar-refractivity contribution is -0.142. The zero-order chi connectivity index (χ0) is 7.84. The molecule has 0 aromatic rings. The molecule has 2 rings (SSSR count). The van der Waals surface area contributed by atoms with Crippen LogP contribution in [0.15, 0.2) is 0 Å². The van der Waals surface area contributed by atoms with Gasteiger partial charge in [0.25, 0.3) is 0 Å². The van der Waals surface area contributed by atoms with Crippen LogP contribution in [-0.2, 0) is 4.79 Å². The summed E-state index contributed by atoms with van der Waals surface area (Å²) in [5, 5.41) is 12.1. The summed E-state index contributed by atoms with van der Waals surface area (Å²) < 4.78 is 0. The van der Waals surface area contributed by atoms with Crippen molar-refractivity contribution in [1.29, 1.82) is 0 Å². The SMILES string of the molecule is O=C(O)[C@@H]1C[C@H]2CNC[C@@H]1C2. The Labute approximate surface area is 65.8 Å². The molecule has 1 saturated heterocycles. The number of fused-ring (bicyclic) bond motifs is 2. The largest absolute Gasteiger partial charge is 0.481 e. The summed E-state index contributed by atoms with van der Waals surface area (Å²) in [6.07, 6.45) is 2.02. The number of aliphatic carboxylic acids is 1. The zero-order valence-corrected chi connectivity index (χ0v) is 6.42. The molecule has 2 N–H and O–H groups in total. The second-order valence-electron chi connectivity index (χ2n) is 3.70. The highest BCUT2D eigenvalue weighted by Crippen LogP contribution is 2.38. The van der Waals surface area contributed by atoms with E-state index in [1.165, 1.54) is 0 Å². The van der Waals surface area contributed by atoms with E-state index in [9.17, 15) is 4.79 Å². The first-order valence-corrected chi connectivity index (χ1v) is 4.21.